The Morgan fingerprint density at radius 1 is 0.946 bits per heavy atom. The summed E-state index contributed by atoms with van der Waals surface area (Å²) in [7, 11) is 0. The fourth-order valence-corrected chi connectivity index (χ4v) is 4.94. The van der Waals surface area contributed by atoms with E-state index < -0.39 is 29.7 Å². The molecule has 4 aromatic rings. The summed E-state index contributed by atoms with van der Waals surface area (Å²) in [5.74, 6) is -0.547. The number of carbonyl (C=O) groups excluding carboxylic acids is 2. The molecule has 3 aromatic carbocycles. The first-order valence-corrected chi connectivity index (χ1v) is 12.4. The molecule has 0 saturated heterocycles. The van der Waals surface area contributed by atoms with Crippen LogP contribution in [0.15, 0.2) is 72.8 Å². The van der Waals surface area contributed by atoms with Gasteiger partial charge >= 0.3 is 6.09 Å². The minimum absolute atomic E-state index is 0.0881. The van der Waals surface area contributed by atoms with Crippen molar-refractivity contribution in [3.8, 4) is 11.1 Å². The lowest BCUT2D eigenvalue weighted by atomic mass is 9.98. The van der Waals surface area contributed by atoms with Gasteiger partial charge in [-0.05, 0) is 62.1 Å². The average molecular weight is 499 g/mol. The summed E-state index contributed by atoms with van der Waals surface area (Å²) >= 11 is 0. The summed E-state index contributed by atoms with van der Waals surface area (Å²) in [6.07, 6.45) is -1.36. The molecule has 1 heterocycles. The molecule has 0 saturated carbocycles. The molecule has 2 unspecified atom stereocenters. The number of carbonyl (C=O) groups is 2. The third kappa shape index (κ3) is 4.97. The van der Waals surface area contributed by atoms with Crippen LogP contribution in [0.1, 0.15) is 49.5 Å². The average Bonchev–Trinajstić information content (AvgIpc) is 3.44. The largest absolute Gasteiger partial charge is 0.449 e. The molecule has 0 bridgehead atoms. The first-order chi connectivity index (χ1) is 17.7. The highest BCUT2D eigenvalue weighted by molar-refractivity contribution is 5.94. The number of ether oxygens (including phenoxy) is 2. The van der Waals surface area contributed by atoms with Gasteiger partial charge in [-0.25, -0.2) is 4.79 Å². The zero-order valence-corrected chi connectivity index (χ0v) is 21.3. The highest BCUT2D eigenvalue weighted by Gasteiger charge is 2.34. The molecule has 0 radical (unpaired) electrons. The molecule has 8 heteroatoms. The number of hydrogen-bond acceptors (Lipinski definition) is 6. The number of hydrogen-bond donors (Lipinski definition) is 1. The van der Waals surface area contributed by atoms with Crippen molar-refractivity contribution in [2.24, 2.45) is 0 Å². The van der Waals surface area contributed by atoms with E-state index >= 15 is 0 Å². The molecule has 1 aliphatic rings. The Morgan fingerprint density at radius 3 is 2.19 bits per heavy atom. The second kappa shape index (κ2) is 9.78. The number of nitrogens with one attached hydrogen (secondary N) is 1. The number of amides is 1. The summed E-state index contributed by atoms with van der Waals surface area (Å²) in [6.45, 7) is 7.56. The van der Waals surface area contributed by atoms with Crippen molar-refractivity contribution >= 4 is 23.0 Å². The number of para-hydroxylation sites is 1. The lowest BCUT2D eigenvalue weighted by Gasteiger charge is -2.30. The van der Waals surface area contributed by atoms with Crippen LogP contribution in [-0.4, -0.2) is 51.3 Å². The fourth-order valence-electron chi connectivity index (χ4n) is 4.94. The second-order valence-corrected chi connectivity index (χ2v) is 10.2. The predicted molar refractivity (Wildman–Crippen MR) is 140 cm³/mol. The van der Waals surface area contributed by atoms with Crippen LogP contribution in [0.3, 0.4) is 0 Å². The maximum Gasteiger partial charge on any atom is 0.407 e. The van der Waals surface area contributed by atoms with Crippen LogP contribution in [0.2, 0.25) is 0 Å². The van der Waals surface area contributed by atoms with Crippen molar-refractivity contribution in [2.45, 2.75) is 51.4 Å². The van der Waals surface area contributed by atoms with Crippen LogP contribution in [0, 0.1) is 0 Å². The van der Waals surface area contributed by atoms with Crippen molar-refractivity contribution in [1.29, 1.82) is 0 Å². The minimum atomic E-state index is -1.04. The van der Waals surface area contributed by atoms with E-state index in [9.17, 15) is 9.59 Å². The summed E-state index contributed by atoms with van der Waals surface area (Å²) in [5.41, 5.74) is 5.11. The van der Waals surface area contributed by atoms with E-state index in [1.807, 2.05) is 51.1 Å². The second-order valence-electron chi connectivity index (χ2n) is 10.2. The van der Waals surface area contributed by atoms with E-state index in [4.69, 9.17) is 9.47 Å². The molecule has 0 fully saturated rings. The van der Waals surface area contributed by atoms with Gasteiger partial charge in [-0.1, -0.05) is 65.9 Å². The van der Waals surface area contributed by atoms with Gasteiger partial charge in [-0.3, -0.25) is 4.79 Å². The van der Waals surface area contributed by atoms with Crippen LogP contribution in [-0.2, 0) is 9.47 Å². The highest BCUT2D eigenvalue weighted by atomic mass is 16.6. The first-order valence-electron chi connectivity index (χ1n) is 12.4. The van der Waals surface area contributed by atoms with Gasteiger partial charge in [-0.15, -0.1) is 5.10 Å². The molecule has 1 aliphatic carbocycles. The van der Waals surface area contributed by atoms with Gasteiger partial charge in [0.25, 0.3) is 5.91 Å². The summed E-state index contributed by atoms with van der Waals surface area (Å²) in [6, 6.07) is 22.4. The maximum atomic E-state index is 13.6. The van der Waals surface area contributed by atoms with Crippen molar-refractivity contribution in [3.63, 3.8) is 0 Å². The number of fused-ring (bicyclic) bond motifs is 4. The molecule has 1 aromatic heterocycles. The van der Waals surface area contributed by atoms with Crippen LogP contribution in [0.5, 0.6) is 0 Å². The molecular formula is C29H30N4O4. The predicted octanol–water partition coefficient (Wildman–Crippen LogP) is 5.18. The number of alkyl carbamates (subject to hydrolysis) is 1. The van der Waals surface area contributed by atoms with Gasteiger partial charge in [0.15, 0.2) is 0 Å². The zero-order chi connectivity index (χ0) is 26.2. The van der Waals surface area contributed by atoms with Crippen LogP contribution in [0.4, 0.5) is 4.79 Å². The molecule has 1 amide bonds. The molecule has 190 valence electrons. The Kier molecular flexibility index (Phi) is 6.52. The van der Waals surface area contributed by atoms with Crippen LogP contribution in [0.25, 0.3) is 22.2 Å². The summed E-state index contributed by atoms with van der Waals surface area (Å²) in [4.78, 5) is 26.6. The summed E-state index contributed by atoms with van der Waals surface area (Å²) < 4.78 is 13.0. The third-order valence-corrected chi connectivity index (χ3v) is 6.45. The van der Waals surface area contributed by atoms with Crippen molar-refractivity contribution in [1.82, 2.24) is 20.3 Å². The van der Waals surface area contributed by atoms with E-state index in [1.165, 1.54) is 4.68 Å². The maximum absolute atomic E-state index is 13.6. The lowest BCUT2D eigenvalue weighted by molar-refractivity contribution is -0.0620. The lowest BCUT2D eigenvalue weighted by Crippen LogP contribution is -2.52. The standard InChI is InChI=1S/C29H30N4O4/c1-18(37-29(2,3)4)26(27(34)33-25-16-10-9-15-24(25)31-32-33)30-28(35)36-17-23-21-13-7-5-11-19(21)20-12-6-8-14-22(20)23/h5-16,18,23,26H,17H2,1-4H3,(H,30,35). The molecule has 1 N–H and O–H groups in total. The Hall–Kier alpha value is -4.04. The van der Waals surface area contributed by atoms with Crippen molar-refractivity contribution < 1.29 is 19.1 Å². The monoisotopic (exact) mass is 498 g/mol. The van der Waals surface area contributed by atoms with Gasteiger partial charge in [0, 0.05) is 5.92 Å². The molecule has 0 aliphatic heterocycles. The van der Waals surface area contributed by atoms with Crippen molar-refractivity contribution in [2.75, 3.05) is 6.61 Å². The molecule has 8 nitrogen and oxygen atoms in total. The van der Waals surface area contributed by atoms with Gasteiger partial charge < -0.3 is 14.8 Å². The Balaban J connectivity index is 1.35. The Labute approximate surface area is 215 Å². The molecule has 2 atom stereocenters. The number of benzene rings is 3. The first kappa shape index (κ1) is 24.6. The van der Waals surface area contributed by atoms with Gasteiger partial charge in [-0.2, -0.15) is 4.68 Å². The molecule has 5 rings (SSSR count). The van der Waals surface area contributed by atoms with E-state index in [0.29, 0.717) is 11.0 Å². The molecular weight excluding hydrogens is 468 g/mol. The third-order valence-electron chi connectivity index (χ3n) is 6.45. The zero-order valence-electron chi connectivity index (χ0n) is 21.3. The number of nitrogens with zero attached hydrogens (tertiary/aromatic N) is 3. The van der Waals surface area contributed by atoms with E-state index in [1.54, 1.807) is 25.1 Å². The van der Waals surface area contributed by atoms with Crippen LogP contribution < -0.4 is 5.32 Å². The normalized spacial score (nSPS) is 14.6. The topological polar surface area (TPSA) is 95.3 Å². The van der Waals surface area contributed by atoms with Gasteiger partial charge in [0.2, 0.25) is 0 Å². The number of rotatable bonds is 6. The summed E-state index contributed by atoms with van der Waals surface area (Å²) in [5, 5.41) is 10.8. The van der Waals surface area contributed by atoms with E-state index in [2.05, 4.69) is 39.9 Å². The Bertz CT molecular complexity index is 1410. The Morgan fingerprint density at radius 2 is 1.54 bits per heavy atom. The number of aromatic nitrogens is 3. The molecule has 0 spiro atoms. The smallest absolute Gasteiger partial charge is 0.407 e. The molecule has 37 heavy (non-hydrogen) atoms. The van der Waals surface area contributed by atoms with Gasteiger partial charge in [0.1, 0.15) is 18.2 Å². The minimum Gasteiger partial charge on any atom is -0.449 e. The highest BCUT2D eigenvalue weighted by Crippen LogP contribution is 2.44. The SMILES string of the molecule is CC(OC(C)(C)C)C(NC(=O)OCC1c2ccccc2-c2ccccc21)C(=O)n1nnc2ccccc21. The van der Waals surface area contributed by atoms with Crippen molar-refractivity contribution in [3.05, 3.63) is 83.9 Å². The fraction of sp³-hybridized carbons (Fsp3) is 0.310. The quantitative estimate of drug-likeness (QED) is 0.393. The van der Waals surface area contributed by atoms with Gasteiger partial charge in [0.05, 0.1) is 17.2 Å². The van der Waals surface area contributed by atoms with Crippen LogP contribution >= 0.6 is 0 Å². The van der Waals surface area contributed by atoms with E-state index in [-0.39, 0.29) is 12.5 Å². The van der Waals surface area contributed by atoms with E-state index in [0.717, 1.165) is 22.3 Å².